The van der Waals surface area contributed by atoms with Crippen LogP contribution in [-0.4, -0.2) is 140 Å². The number of aryl methyl sites for hydroxylation is 1. The number of hydrogen-bond donors (Lipinski definition) is 4. The number of rotatable bonds is 14. The van der Waals surface area contributed by atoms with E-state index in [0.29, 0.717) is 28.9 Å². The SMILES string of the molecule is CCC(CN1CCC(N2CCN3c4cc(-c5ccccc5O)nnc4NC[C@H]3C2)C1)Oc1cc(C(C(=O)N2C[C@H](O)C[C@H]2C(=O)N[C@@H](C)c2ccc(-c3scnc3C)cc2)C(C)C)on1. The maximum atomic E-state index is 14.3. The summed E-state index contributed by atoms with van der Waals surface area (Å²) in [6.07, 6.45) is 1.04. The summed E-state index contributed by atoms with van der Waals surface area (Å²) in [4.78, 5) is 42.6. The first-order valence-corrected chi connectivity index (χ1v) is 23.9. The number of fused-ring (bicyclic) bond motifs is 3. The molecule has 5 aromatic rings. The summed E-state index contributed by atoms with van der Waals surface area (Å²) in [6.45, 7) is 16.2. The largest absolute Gasteiger partial charge is 0.507 e. The summed E-state index contributed by atoms with van der Waals surface area (Å²) >= 11 is 1.59. The Hall–Kier alpha value is -5.62. The van der Waals surface area contributed by atoms with Gasteiger partial charge >= 0.3 is 0 Å². The van der Waals surface area contributed by atoms with Gasteiger partial charge in [0.15, 0.2) is 11.6 Å². The average Bonchev–Trinajstić information content (AvgIpc) is 4.14. The fraction of sp³-hybridized carbons (Fsp3) is 0.500. The Labute approximate surface area is 384 Å². The minimum atomic E-state index is -0.827. The molecular weight excluding hydrogens is 845 g/mol. The average molecular weight is 905 g/mol. The molecule has 0 aliphatic carbocycles. The van der Waals surface area contributed by atoms with Crippen molar-refractivity contribution in [2.24, 2.45) is 5.92 Å². The van der Waals surface area contributed by atoms with Crippen molar-refractivity contribution in [3.63, 3.8) is 0 Å². The molecule has 4 aliphatic heterocycles. The molecule has 7 atom stereocenters. The maximum absolute atomic E-state index is 14.3. The van der Waals surface area contributed by atoms with Crippen molar-refractivity contribution in [1.82, 2.24) is 40.4 Å². The van der Waals surface area contributed by atoms with Crippen LogP contribution in [0.2, 0.25) is 0 Å². The van der Waals surface area contributed by atoms with Crippen LogP contribution in [-0.2, 0) is 9.59 Å². The molecule has 0 bridgehead atoms. The van der Waals surface area contributed by atoms with Crippen LogP contribution in [0.4, 0.5) is 11.5 Å². The number of thiazole rings is 1. The molecule has 9 rings (SSSR count). The highest BCUT2D eigenvalue weighted by Gasteiger charge is 2.44. The number of aromatic hydroxyl groups is 1. The zero-order valence-corrected chi connectivity index (χ0v) is 38.6. The van der Waals surface area contributed by atoms with E-state index in [1.807, 2.05) is 75.7 Å². The van der Waals surface area contributed by atoms with Gasteiger partial charge in [0.05, 0.1) is 45.7 Å². The number of nitrogens with zero attached hydrogens (tertiary/aromatic N) is 8. The molecule has 3 aromatic heterocycles. The van der Waals surface area contributed by atoms with Crippen molar-refractivity contribution in [1.29, 1.82) is 0 Å². The summed E-state index contributed by atoms with van der Waals surface area (Å²) in [5.74, 6) is 0.188. The molecular formula is C48H60N10O6S. The third kappa shape index (κ3) is 9.42. The zero-order valence-electron chi connectivity index (χ0n) is 37.8. The number of piperazine rings is 1. The van der Waals surface area contributed by atoms with Crippen LogP contribution in [0.25, 0.3) is 21.7 Å². The molecule has 0 spiro atoms. The third-order valence-corrected chi connectivity index (χ3v) is 14.6. The number of benzene rings is 2. The number of likely N-dealkylation sites (tertiary alicyclic amines) is 2. The maximum Gasteiger partial charge on any atom is 0.254 e. The Bertz CT molecular complexity index is 2460. The first-order chi connectivity index (χ1) is 31.4. The van der Waals surface area contributed by atoms with Crippen LogP contribution in [0, 0.1) is 12.8 Å². The fourth-order valence-electron chi connectivity index (χ4n) is 10.0. The van der Waals surface area contributed by atoms with E-state index in [1.165, 1.54) is 4.90 Å². The molecule has 2 amide bonds. The van der Waals surface area contributed by atoms with E-state index in [0.717, 1.165) is 91.9 Å². The third-order valence-electron chi connectivity index (χ3n) is 13.6. The number of para-hydroxylation sites is 1. The van der Waals surface area contributed by atoms with E-state index in [2.05, 4.69) is 52.6 Å². The number of hydrogen-bond acceptors (Lipinski definition) is 15. The summed E-state index contributed by atoms with van der Waals surface area (Å²) in [7, 11) is 0. The monoisotopic (exact) mass is 904 g/mol. The molecule has 3 unspecified atom stereocenters. The molecule has 2 aromatic carbocycles. The van der Waals surface area contributed by atoms with Crippen molar-refractivity contribution in [3.8, 4) is 33.3 Å². The number of β-amino-alcohol motifs (C(OH)–C–C–N with tert-alkyl or cyclic N) is 1. The minimum absolute atomic E-state index is 0.0573. The van der Waals surface area contributed by atoms with Gasteiger partial charge in [-0.25, -0.2) is 4.98 Å². The number of aliphatic hydroxyl groups excluding tert-OH is 1. The normalized spacial score (nSPS) is 22.6. The summed E-state index contributed by atoms with van der Waals surface area (Å²) in [5, 5.41) is 41.0. The molecule has 344 valence electrons. The molecule has 17 heteroatoms. The van der Waals surface area contributed by atoms with Gasteiger partial charge in [0, 0.05) is 69.9 Å². The predicted octanol–water partition coefficient (Wildman–Crippen LogP) is 5.70. The molecule has 7 heterocycles. The van der Waals surface area contributed by atoms with Crippen LogP contribution in [0.3, 0.4) is 0 Å². The Morgan fingerprint density at radius 3 is 2.58 bits per heavy atom. The number of phenols is 1. The lowest BCUT2D eigenvalue weighted by atomic mass is 9.91. The Morgan fingerprint density at radius 2 is 1.83 bits per heavy atom. The highest BCUT2D eigenvalue weighted by atomic mass is 32.1. The number of carbonyl (C=O) groups is 2. The Morgan fingerprint density at radius 1 is 1.02 bits per heavy atom. The standard InChI is InChI=1S/C48H60N10O6S/c1-6-36(26-55-16-15-33(23-55)56-17-18-57-34(24-56)22-49-46-39(57)20-38(52-53-46)37-9-7-8-10-41(37)60)63-43-21-42(64-54-43)44(28(2)3)48(62)58-25-35(59)19-40(58)47(61)51-29(4)31-11-13-32(14-12-31)45-30(5)50-27-65-45/h7-14,20-21,27-29,33-36,40,44,59-60H,6,15-19,22-26H2,1-5H3,(H,49,53)(H,51,61)/t29-,33?,34-,35+,36?,40-,44?/m0/s1. The second-order valence-electron chi connectivity index (χ2n) is 18.4. The molecule has 3 fully saturated rings. The number of nitrogens with one attached hydrogen (secondary N) is 2. The van der Waals surface area contributed by atoms with Crippen LogP contribution in [0.5, 0.6) is 11.6 Å². The quantitative estimate of drug-likeness (QED) is 0.106. The summed E-state index contributed by atoms with van der Waals surface area (Å²) in [5.41, 5.74) is 7.18. The Balaban J connectivity index is 0.785. The number of aliphatic hydroxyl groups is 1. The topological polar surface area (TPSA) is 186 Å². The van der Waals surface area contributed by atoms with Gasteiger partial charge < -0.3 is 39.9 Å². The lowest BCUT2D eigenvalue weighted by Gasteiger charge is -2.47. The second kappa shape index (κ2) is 19.1. The molecule has 4 N–H and O–H groups in total. The van der Waals surface area contributed by atoms with E-state index in [1.54, 1.807) is 29.5 Å². The Kier molecular flexibility index (Phi) is 13.1. The number of carbonyl (C=O) groups excluding carboxylic acids is 2. The van der Waals surface area contributed by atoms with Crippen molar-refractivity contribution >= 4 is 34.7 Å². The van der Waals surface area contributed by atoms with E-state index >= 15 is 0 Å². The van der Waals surface area contributed by atoms with Crippen LogP contribution in [0.15, 0.2) is 70.7 Å². The van der Waals surface area contributed by atoms with Gasteiger partial charge in [0.1, 0.15) is 23.8 Å². The van der Waals surface area contributed by atoms with E-state index < -0.39 is 18.1 Å². The smallest absolute Gasteiger partial charge is 0.254 e. The van der Waals surface area contributed by atoms with Gasteiger partial charge in [-0.3, -0.25) is 19.4 Å². The number of aromatic nitrogens is 4. The molecule has 0 radical (unpaired) electrons. The number of ether oxygens (including phenoxy) is 1. The van der Waals surface area contributed by atoms with Gasteiger partial charge in [0.25, 0.3) is 5.88 Å². The predicted molar refractivity (Wildman–Crippen MR) is 249 cm³/mol. The van der Waals surface area contributed by atoms with Crippen molar-refractivity contribution in [3.05, 3.63) is 83.2 Å². The number of anilines is 2. The fourth-order valence-corrected chi connectivity index (χ4v) is 10.9. The van der Waals surface area contributed by atoms with Crippen LogP contribution in [0.1, 0.15) is 75.9 Å². The number of phenolic OH excluding ortho intramolecular Hbond substituents is 1. The van der Waals surface area contributed by atoms with Crippen molar-refractivity contribution in [2.45, 2.75) is 96.2 Å². The first-order valence-electron chi connectivity index (χ1n) is 23.0. The van der Waals surface area contributed by atoms with Crippen molar-refractivity contribution in [2.75, 3.05) is 62.6 Å². The van der Waals surface area contributed by atoms with Gasteiger partial charge in [-0.1, -0.05) is 57.2 Å². The van der Waals surface area contributed by atoms with E-state index in [9.17, 15) is 19.8 Å². The lowest BCUT2D eigenvalue weighted by Crippen LogP contribution is -2.60. The molecule has 16 nitrogen and oxygen atoms in total. The highest BCUT2D eigenvalue weighted by molar-refractivity contribution is 7.13. The van der Waals surface area contributed by atoms with Crippen molar-refractivity contribution < 1.29 is 29.1 Å². The van der Waals surface area contributed by atoms with E-state index in [-0.39, 0.29) is 54.6 Å². The van der Waals surface area contributed by atoms with Gasteiger partial charge in [-0.05, 0) is 73.6 Å². The first kappa shape index (κ1) is 44.6. The van der Waals surface area contributed by atoms with Crippen LogP contribution >= 0.6 is 11.3 Å². The second-order valence-corrected chi connectivity index (χ2v) is 19.2. The highest BCUT2D eigenvalue weighted by Crippen LogP contribution is 2.38. The molecule has 4 aliphatic rings. The van der Waals surface area contributed by atoms with Gasteiger partial charge in [-0.2, -0.15) is 0 Å². The summed E-state index contributed by atoms with van der Waals surface area (Å²) < 4.78 is 12.3. The van der Waals surface area contributed by atoms with Gasteiger partial charge in [-0.15, -0.1) is 21.5 Å². The number of amides is 2. The zero-order chi connectivity index (χ0) is 45.4. The molecule has 0 saturated carbocycles. The van der Waals surface area contributed by atoms with Gasteiger partial charge in [0.2, 0.25) is 11.8 Å². The van der Waals surface area contributed by atoms with Crippen LogP contribution < -0.4 is 20.3 Å². The van der Waals surface area contributed by atoms with E-state index in [4.69, 9.17) is 9.26 Å². The molecule has 65 heavy (non-hydrogen) atoms. The lowest BCUT2D eigenvalue weighted by molar-refractivity contribution is -0.141. The summed E-state index contributed by atoms with van der Waals surface area (Å²) in [6, 6.07) is 18.6. The molecule has 3 saturated heterocycles. The minimum Gasteiger partial charge on any atom is -0.507 e.